The number of hydroxylamine groups is 2. The number of aromatic nitrogens is 3. The fraction of sp³-hybridized carbons (Fsp3) is 0.429. The summed E-state index contributed by atoms with van der Waals surface area (Å²) in [6.45, 7) is 4.78. The zero-order chi connectivity index (χ0) is 35.9. The second-order valence-electron chi connectivity index (χ2n) is 11.3. The van der Waals surface area contributed by atoms with E-state index in [4.69, 9.17) is 26.8 Å². The van der Waals surface area contributed by atoms with Crippen LogP contribution in [0.25, 0.3) is 11.1 Å². The smallest absolute Gasteiger partial charge is 0.351 e. The average Bonchev–Trinajstić information content (AvgIpc) is 3.67. The van der Waals surface area contributed by atoms with Gasteiger partial charge in [-0.25, -0.2) is 18.2 Å². The van der Waals surface area contributed by atoms with Gasteiger partial charge in [-0.1, -0.05) is 17.3 Å². The number of benzene rings is 1. The van der Waals surface area contributed by atoms with Crippen molar-refractivity contribution >= 4 is 50.4 Å². The number of anilines is 1. The number of nitrogens with two attached hydrogens (primary N) is 3. The number of carboxylic acid groups (broad SMARTS) is 1. The van der Waals surface area contributed by atoms with E-state index >= 15 is 0 Å². The Labute approximate surface area is 285 Å². The van der Waals surface area contributed by atoms with Crippen LogP contribution < -0.4 is 31.9 Å². The molecule has 0 spiro atoms. The Hall–Kier alpha value is -4.67. The third-order valence-corrected chi connectivity index (χ3v) is 8.33. The fourth-order valence-corrected chi connectivity index (χ4v) is 5.74. The van der Waals surface area contributed by atoms with Crippen molar-refractivity contribution < 1.29 is 51.0 Å². The summed E-state index contributed by atoms with van der Waals surface area (Å²) >= 11 is 0.952. The summed E-state index contributed by atoms with van der Waals surface area (Å²) in [5.41, 5.74) is 16.8. The van der Waals surface area contributed by atoms with Gasteiger partial charge in [-0.05, 0) is 51.1 Å². The van der Waals surface area contributed by atoms with Gasteiger partial charge in [0.05, 0.1) is 23.8 Å². The molecule has 8 N–H and O–H groups in total. The summed E-state index contributed by atoms with van der Waals surface area (Å²) in [6.07, 6.45) is 3.97. The summed E-state index contributed by atoms with van der Waals surface area (Å²) in [7, 11) is -5.27. The number of carbonyl (C=O) groups is 3. The number of nitrogen functional groups attached to an aromatic ring is 1. The van der Waals surface area contributed by atoms with Crippen LogP contribution in [0.5, 0.6) is 5.75 Å². The molecule has 1 aliphatic rings. The zero-order valence-corrected chi connectivity index (χ0v) is 28.2. The lowest BCUT2D eigenvalue weighted by Crippen LogP contribution is -2.76. The third kappa shape index (κ3) is 9.28. The second kappa shape index (κ2) is 15.7. The molecule has 1 aromatic carbocycles. The highest BCUT2D eigenvalue weighted by molar-refractivity contribution is 7.80. The lowest BCUT2D eigenvalue weighted by atomic mass is 9.84. The molecule has 2 aromatic heterocycles. The standard InChI is InChI=1S/C28H37N9O10S2/c1-28(2)23(25(39)37(28)47-49(42,43)44)33-24(38)22(20-16-48-27(31)32-20)34-46-21(26(40)41)15-45-19-7-5-17(6-8-19)18-13-35(11-3-9-29)36(14-18)12-4-10-30/h5-8,13-14,16,21,23H,3-4,9-12,15,29-30H2,1-2H3,(H4-,31,32,33,38,40,41,42,43,44)/b34-22-/t21-,23+/m0/s1. The van der Waals surface area contributed by atoms with E-state index < -0.39 is 58.2 Å². The highest BCUT2D eigenvalue weighted by atomic mass is 32.3. The topological polar surface area (TPSA) is 284 Å². The number of nitrogens with one attached hydrogen (secondary N) is 1. The number of carboxylic acids is 1. The number of aliphatic carboxylic acids is 1. The maximum absolute atomic E-state index is 13.2. The molecule has 2 atom stereocenters. The Balaban J connectivity index is 1.45. The third-order valence-electron chi connectivity index (χ3n) is 7.32. The molecular weight excluding hydrogens is 686 g/mol. The Kier molecular flexibility index (Phi) is 11.9. The van der Waals surface area contributed by atoms with Crippen molar-refractivity contribution in [3.8, 4) is 16.9 Å². The Morgan fingerprint density at radius 2 is 1.90 bits per heavy atom. The molecular formula is C28H37N9O10S2. The number of ether oxygens (including phenoxy) is 1. The molecule has 1 aliphatic heterocycles. The molecule has 0 saturated carbocycles. The largest absolute Gasteiger partial charge is 0.724 e. The molecule has 1 saturated heterocycles. The summed E-state index contributed by atoms with van der Waals surface area (Å²) in [4.78, 5) is 46.9. The molecule has 2 amide bonds. The quantitative estimate of drug-likeness (QED) is 0.0261. The molecule has 0 unspecified atom stereocenters. The molecule has 3 aromatic rings. The SMILES string of the molecule is CC1(C)[C@H](NC(=O)/C(=N\O[C@@H](COc2ccc(-c3cn(CCCN)[n+](CCCN)c3)cc2)C(=O)O)c2csc(N)n2)C(=O)N1OS(=O)(=O)[O-]. The van der Waals surface area contributed by atoms with Crippen LogP contribution in [0.15, 0.2) is 47.2 Å². The molecule has 0 radical (unpaired) electrons. The molecule has 0 aliphatic carbocycles. The Morgan fingerprint density at radius 1 is 1.20 bits per heavy atom. The van der Waals surface area contributed by atoms with E-state index in [0.717, 1.165) is 48.4 Å². The van der Waals surface area contributed by atoms with Crippen LogP contribution in [0.3, 0.4) is 0 Å². The number of aryl methyl sites for hydroxylation is 2. The normalized spacial score (nSPS) is 16.6. The maximum Gasteiger partial charge on any atom is 0.351 e. The molecule has 3 heterocycles. The number of amides is 2. The summed E-state index contributed by atoms with van der Waals surface area (Å²) in [5.74, 6) is -3.19. The summed E-state index contributed by atoms with van der Waals surface area (Å²) in [5, 5.41) is 17.6. The number of β-lactam (4-membered cyclic amide) rings is 1. The van der Waals surface area contributed by atoms with E-state index in [2.05, 4.69) is 29.1 Å². The first-order chi connectivity index (χ1) is 23.1. The van der Waals surface area contributed by atoms with Gasteiger partial charge in [0.15, 0.2) is 17.4 Å². The van der Waals surface area contributed by atoms with Crippen LogP contribution >= 0.6 is 11.3 Å². The number of carbonyl (C=O) groups excluding carboxylic acids is 2. The highest BCUT2D eigenvalue weighted by Crippen LogP contribution is 2.33. The van der Waals surface area contributed by atoms with Crippen molar-refractivity contribution in [2.24, 2.45) is 16.6 Å². The summed E-state index contributed by atoms with van der Waals surface area (Å²) < 4.78 is 47.0. The van der Waals surface area contributed by atoms with Crippen molar-refractivity contribution in [2.75, 3.05) is 25.4 Å². The van der Waals surface area contributed by atoms with E-state index in [1.807, 2.05) is 24.5 Å². The van der Waals surface area contributed by atoms with Crippen molar-refractivity contribution in [2.45, 2.75) is 57.5 Å². The molecule has 21 heteroatoms. The first-order valence-electron chi connectivity index (χ1n) is 14.9. The van der Waals surface area contributed by atoms with E-state index in [9.17, 15) is 32.5 Å². The summed E-state index contributed by atoms with van der Waals surface area (Å²) in [6, 6.07) is 5.61. The Morgan fingerprint density at radius 3 is 2.47 bits per heavy atom. The molecule has 1 fully saturated rings. The van der Waals surface area contributed by atoms with Gasteiger partial charge in [-0.2, -0.15) is 14.0 Å². The molecule has 266 valence electrons. The van der Waals surface area contributed by atoms with E-state index in [1.165, 1.54) is 19.2 Å². The van der Waals surface area contributed by atoms with E-state index in [1.54, 1.807) is 12.1 Å². The van der Waals surface area contributed by atoms with Crippen LogP contribution in [0.1, 0.15) is 32.4 Å². The van der Waals surface area contributed by atoms with Gasteiger partial charge >= 0.3 is 5.97 Å². The van der Waals surface area contributed by atoms with Gasteiger partial charge in [0.2, 0.25) is 16.6 Å². The lowest BCUT2D eigenvalue weighted by molar-refractivity contribution is -0.775. The van der Waals surface area contributed by atoms with Crippen LogP contribution in [0, 0.1) is 0 Å². The second-order valence-corrected chi connectivity index (χ2v) is 13.1. The number of nitrogens with zero attached hydrogens (tertiary/aromatic N) is 5. The first kappa shape index (κ1) is 37.2. The predicted octanol–water partition coefficient (Wildman–Crippen LogP) is -1.07. The Bertz CT molecular complexity index is 1770. The van der Waals surface area contributed by atoms with Crippen LogP contribution in [-0.2, 0) is 47.0 Å². The number of thiazole rings is 1. The zero-order valence-electron chi connectivity index (χ0n) is 26.6. The van der Waals surface area contributed by atoms with Crippen molar-refractivity contribution in [1.29, 1.82) is 0 Å². The fourth-order valence-electron chi connectivity index (χ4n) is 4.74. The van der Waals surface area contributed by atoms with Gasteiger partial charge in [-0.3, -0.25) is 9.59 Å². The van der Waals surface area contributed by atoms with Gasteiger partial charge in [0.25, 0.3) is 17.9 Å². The lowest BCUT2D eigenvalue weighted by Gasteiger charge is -2.51. The van der Waals surface area contributed by atoms with Crippen molar-refractivity contribution in [3.05, 3.63) is 47.7 Å². The number of hydrogen-bond acceptors (Lipinski definition) is 15. The molecule has 19 nitrogen and oxygen atoms in total. The van der Waals surface area contributed by atoms with Crippen LogP contribution in [0.4, 0.5) is 5.13 Å². The van der Waals surface area contributed by atoms with Gasteiger partial charge in [0.1, 0.15) is 24.1 Å². The molecule has 0 bridgehead atoms. The molecule has 49 heavy (non-hydrogen) atoms. The number of hydrogen-bond donors (Lipinski definition) is 5. The van der Waals surface area contributed by atoms with Gasteiger partial charge in [0, 0.05) is 11.8 Å². The van der Waals surface area contributed by atoms with Crippen molar-refractivity contribution in [1.82, 2.24) is 20.0 Å². The average molecular weight is 724 g/mol. The van der Waals surface area contributed by atoms with Gasteiger partial charge in [-0.15, -0.1) is 16.0 Å². The first-order valence-corrected chi connectivity index (χ1v) is 17.1. The maximum atomic E-state index is 13.2. The minimum atomic E-state index is -5.27. The van der Waals surface area contributed by atoms with Crippen LogP contribution in [-0.4, -0.2) is 93.7 Å². The predicted molar refractivity (Wildman–Crippen MR) is 172 cm³/mol. The van der Waals surface area contributed by atoms with Gasteiger partial charge < -0.3 is 41.8 Å². The number of rotatable bonds is 18. The van der Waals surface area contributed by atoms with E-state index in [-0.39, 0.29) is 10.8 Å². The number of oxime groups is 1. The monoisotopic (exact) mass is 723 g/mol. The van der Waals surface area contributed by atoms with Crippen molar-refractivity contribution in [3.63, 3.8) is 0 Å². The van der Waals surface area contributed by atoms with Crippen LogP contribution in [0.2, 0.25) is 0 Å². The molecule has 4 rings (SSSR count). The van der Waals surface area contributed by atoms with E-state index in [0.29, 0.717) is 23.9 Å². The minimum absolute atomic E-state index is 0.0508. The highest BCUT2D eigenvalue weighted by Gasteiger charge is 2.57. The minimum Gasteiger partial charge on any atom is -0.724 e.